The minimum Gasteiger partial charge on any atom is -0.474 e. The summed E-state index contributed by atoms with van der Waals surface area (Å²) >= 11 is 0. The molecule has 0 radical (unpaired) electrons. The number of carbonyl (C=O) groups is 3. The van der Waals surface area contributed by atoms with Crippen LogP contribution in [0.15, 0.2) is 71.0 Å². The van der Waals surface area contributed by atoms with Crippen molar-refractivity contribution in [3.63, 3.8) is 0 Å². The van der Waals surface area contributed by atoms with Crippen LogP contribution in [0.25, 0.3) is 4.85 Å². The molecular formula is C23H21NO6. The van der Waals surface area contributed by atoms with E-state index in [0.717, 1.165) is 0 Å². The van der Waals surface area contributed by atoms with Gasteiger partial charge in [-0.3, -0.25) is 4.79 Å². The molecule has 0 bridgehead atoms. The zero-order valence-corrected chi connectivity index (χ0v) is 16.8. The second-order valence-corrected chi connectivity index (χ2v) is 6.86. The number of carbonyl (C=O) groups excluding carboxylic acids is 3. The first-order chi connectivity index (χ1) is 14.5. The van der Waals surface area contributed by atoms with Crippen LogP contribution in [-0.2, 0) is 28.6 Å². The van der Waals surface area contributed by atoms with Crippen LogP contribution in [0.4, 0.5) is 0 Å². The van der Waals surface area contributed by atoms with Gasteiger partial charge in [0, 0.05) is 23.7 Å². The molecule has 0 aromatic carbocycles. The van der Waals surface area contributed by atoms with Crippen molar-refractivity contribution >= 4 is 17.9 Å². The molecule has 0 aromatic rings. The number of nitrogens with zero attached hydrogens (tertiary/aromatic N) is 1. The van der Waals surface area contributed by atoms with Gasteiger partial charge in [0.1, 0.15) is 5.57 Å². The van der Waals surface area contributed by atoms with Crippen LogP contribution >= 0.6 is 0 Å². The maximum Gasteiger partial charge on any atom is 0.345 e. The number of hydrogen-bond donors (Lipinski definition) is 0. The van der Waals surface area contributed by atoms with E-state index < -0.39 is 41.6 Å². The van der Waals surface area contributed by atoms with E-state index in [9.17, 15) is 14.4 Å². The SMILES string of the molecule is [C-]#[N+]C(C(=O)OC)=C1C2C=CC=CC2C(=C(C(=O)OC)C(=O)OC)C2C=CC=CC12. The van der Waals surface area contributed by atoms with Gasteiger partial charge in [-0.05, 0) is 11.1 Å². The molecule has 7 heteroatoms. The lowest BCUT2D eigenvalue weighted by Crippen LogP contribution is -2.39. The summed E-state index contributed by atoms with van der Waals surface area (Å²) in [6.07, 6.45) is 14.7. The van der Waals surface area contributed by atoms with E-state index in [1.54, 1.807) is 0 Å². The Bertz CT molecular complexity index is 943. The largest absolute Gasteiger partial charge is 0.474 e. The van der Waals surface area contributed by atoms with Gasteiger partial charge >= 0.3 is 17.9 Å². The summed E-state index contributed by atoms with van der Waals surface area (Å²) in [6, 6.07) is 0. The van der Waals surface area contributed by atoms with Gasteiger partial charge in [0.2, 0.25) is 0 Å². The summed E-state index contributed by atoms with van der Waals surface area (Å²) in [5.41, 5.74) is 0.902. The molecule has 154 valence electrons. The standard InChI is InChI=1S/C23H21NO6/c1-24-20(23(27)30-4)18-15-11-7-5-9-13(15)17(14-10-6-8-12-16(14)18)19(21(25)28-2)22(26)29-3/h5-16H,2-4H3. The van der Waals surface area contributed by atoms with Crippen LogP contribution in [0.3, 0.4) is 0 Å². The summed E-state index contributed by atoms with van der Waals surface area (Å²) in [5.74, 6) is -3.96. The quantitative estimate of drug-likeness (QED) is 0.179. The average molecular weight is 407 g/mol. The minimum absolute atomic E-state index is 0.0841. The molecule has 3 aliphatic rings. The third kappa shape index (κ3) is 3.41. The lowest BCUT2D eigenvalue weighted by atomic mass is 9.59. The Morgan fingerprint density at radius 3 is 1.40 bits per heavy atom. The molecule has 7 nitrogen and oxygen atoms in total. The molecule has 0 heterocycles. The van der Waals surface area contributed by atoms with E-state index in [1.165, 1.54) is 21.3 Å². The Hall–Kier alpha value is -3.66. The Kier molecular flexibility index (Phi) is 6.17. The number of ether oxygens (including phenoxy) is 3. The monoisotopic (exact) mass is 407 g/mol. The zero-order chi connectivity index (χ0) is 21.8. The number of hydrogen-bond acceptors (Lipinski definition) is 6. The van der Waals surface area contributed by atoms with Crippen LogP contribution in [0.5, 0.6) is 0 Å². The van der Waals surface area contributed by atoms with Crippen molar-refractivity contribution in [2.45, 2.75) is 0 Å². The van der Waals surface area contributed by atoms with Crippen molar-refractivity contribution in [2.24, 2.45) is 23.7 Å². The highest BCUT2D eigenvalue weighted by molar-refractivity contribution is 6.15. The molecule has 4 unspecified atom stereocenters. The van der Waals surface area contributed by atoms with Crippen LogP contribution < -0.4 is 0 Å². The van der Waals surface area contributed by atoms with Crippen molar-refractivity contribution in [1.29, 1.82) is 0 Å². The predicted molar refractivity (Wildman–Crippen MR) is 107 cm³/mol. The Labute approximate surface area is 174 Å². The first-order valence-corrected chi connectivity index (χ1v) is 9.30. The first kappa shape index (κ1) is 21.1. The van der Waals surface area contributed by atoms with Crippen LogP contribution in [0, 0.1) is 30.2 Å². The van der Waals surface area contributed by atoms with Crippen LogP contribution in [-0.4, -0.2) is 39.2 Å². The van der Waals surface area contributed by atoms with Crippen LogP contribution in [0.1, 0.15) is 0 Å². The molecule has 30 heavy (non-hydrogen) atoms. The number of allylic oxidation sites excluding steroid dienone is 10. The van der Waals surface area contributed by atoms with E-state index >= 15 is 0 Å². The number of methoxy groups -OCH3 is 3. The van der Waals surface area contributed by atoms with Gasteiger partial charge in [-0.15, -0.1) is 0 Å². The summed E-state index contributed by atoms with van der Waals surface area (Å²) in [4.78, 5) is 41.0. The molecule has 0 aliphatic heterocycles. The molecule has 3 rings (SSSR count). The summed E-state index contributed by atoms with van der Waals surface area (Å²) in [6.45, 7) is 7.59. The van der Waals surface area contributed by atoms with Gasteiger partial charge in [0.25, 0.3) is 5.70 Å². The van der Waals surface area contributed by atoms with Crippen molar-refractivity contribution in [2.75, 3.05) is 21.3 Å². The lowest BCUT2D eigenvalue weighted by molar-refractivity contribution is -0.144. The molecular weight excluding hydrogens is 386 g/mol. The van der Waals surface area contributed by atoms with E-state index in [1.807, 2.05) is 48.6 Å². The van der Waals surface area contributed by atoms with E-state index in [-0.39, 0.29) is 11.3 Å². The molecule has 1 fully saturated rings. The van der Waals surface area contributed by atoms with Gasteiger partial charge in [-0.1, -0.05) is 48.6 Å². The fraction of sp³-hybridized carbons (Fsp3) is 0.304. The second kappa shape index (κ2) is 8.78. The number of fused-ring (bicyclic) bond motifs is 2. The normalized spacial score (nSPS) is 25.5. The molecule has 0 aromatic heterocycles. The fourth-order valence-electron chi connectivity index (χ4n) is 4.34. The third-order valence-electron chi connectivity index (χ3n) is 5.54. The molecule has 1 saturated carbocycles. The second-order valence-electron chi connectivity index (χ2n) is 6.86. The highest BCUT2D eigenvalue weighted by Crippen LogP contribution is 2.52. The van der Waals surface area contributed by atoms with Gasteiger partial charge < -0.3 is 14.2 Å². The fourth-order valence-corrected chi connectivity index (χ4v) is 4.34. The smallest absolute Gasteiger partial charge is 0.345 e. The molecule has 0 saturated heterocycles. The van der Waals surface area contributed by atoms with Gasteiger partial charge in [0.05, 0.1) is 27.9 Å². The predicted octanol–water partition coefficient (Wildman–Crippen LogP) is 2.71. The van der Waals surface area contributed by atoms with Crippen molar-refractivity contribution in [3.8, 4) is 0 Å². The molecule has 3 aliphatic carbocycles. The Morgan fingerprint density at radius 2 is 1.07 bits per heavy atom. The van der Waals surface area contributed by atoms with Crippen molar-refractivity contribution < 1.29 is 28.6 Å². The summed E-state index contributed by atoms with van der Waals surface area (Å²) in [7, 11) is 3.64. The van der Waals surface area contributed by atoms with Gasteiger partial charge in [-0.25, -0.2) is 14.4 Å². The summed E-state index contributed by atoms with van der Waals surface area (Å²) in [5, 5.41) is 0. The summed E-state index contributed by atoms with van der Waals surface area (Å²) < 4.78 is 14.6. The highest BCUT2D eigenvalue weighted by Gasteiger charge is 2.47. The molecule has 4 atom stereocenters. The number of rotatable bonds is 3. The van der Waals surface area contributed by atoms with Crippen molar-refractivity contribution in [3.05, 3.63) is 82.4 Å². The van der Waals surface area contributed by atoms with E-state index in [0.29, 0.717) is 11.1 Å². The van der Waals surface area contributed by atoms with Crippen LogP contribution in [0.2, 0.25) is 0 Å². The Balaban J connectivity index is 2.36. The van der Waals surface area contributed by atoms with Gasteiger partial charge in [-0.2, -0.15) is 0 Å². The maximum absolute atomic E-state index is 12.6. The number of esters is 3. The van der Waals surface area contributed by atoms with E-state index in [4.69, 9.17) is 20.8 Å². The average Bonchev–Trinajstić information content (AvgIpc) is 2.79. The molecule has 0 amide bonds. The Morgan fingerprint density at radius 1 is 0.700 bits per heavy atom. The minimum atomic E-state index is -0.786. The first-order valence-electron chi connectivity index (χ1n) is 9.30. The maximum atomic E-state index is 12.6. The highest BCUT2D eigenvalue weighted by atomic mass is 16.5. The van der Waals surface area contributed by atoms with Gasteiger partial charge in [0.15, 0.2) is 0 Å². The van der Waals surface area contributed by atoms with Crippen molar-refractivity contribution in [1.82, 2.24) is 0 Å². The molecule has 0 N–H and O–H groups in total. The topological polar surface area (TPSA) is 83.3 Å². The zero-order valence-electron chi connectivity index (χ0n) is 16.8. The molecule has 0 spiro atoms. The lowest BCUT2D eigenvalue weighted by Gasteiger charge is -2.44. The van der Waals surface area contributed by atoms with E-state index in [2.05, 4.69) is 4.85 Å². The third-order valence-corrected chi connectivity index (χ3v) is 5.54.